The lowest BCUT2D eigenvalue weighted by Crippen LogP contribution is -2.43. The van der Waals surface area contributed by atoms with Crippen molar-refractivity contribution in [2.45, 2.75) is 39.5 Å². The molecule has 0 fully saturated rings. The number of carbonyl (C=O) groups excluding carboxylic acids is 1. The Morgan fingerprint density at radius 3 is 2.39 bits per heavy atom. The highest BCUT2D eigenvalue weighted by molar-refractivity contribution is 6.30. The van der Waals surface area contributed by atoms with Crippen LogP contribution in [0.4, 0.5) is 0 Å². The van der Waals surface area contributed by atoms with Crippen LogP contribution in [0.25, 0.3) is 0 Å². The van der Waals surface area contributed by atoms with Gasteiger partial charge in [0.05, 0.1) is 0 Å². The number of amides is 1. The molecule has 23 heavy (non-hydrogen) atoms. The van der Waals surface area contributed by atoms with E-state index in [1.54, 1.807) is 31.2 Å². The zero-order chi connectivity index (χ0) is 16.8. The van der Waals surface area contributed by atoms with Gasteiger partial charge in [-0.15, -0.1) is 0 Å². The molecule has 0 aliphatic heterocycles. The molecule has 1 atom stereocenters. The molecule has 0 aliphatic rings. The molecule has 0 saturated carbocycles. The molecule has 2 rings (SSSR count). The first-order chi connectivity index (χ1) is 11.0. The Bertz CT molecular complexity index is 643. The van der Waals surface area contributed by atoms with E-state index in [1.807, 2.05) is 49.1 Å². The van der Waals surface area contributed by atoms with Crippen LogP contribution >= 0.6 is 11.6 Å². The molecule has 3 nitrogen and oxygen atoms in total. The van der Waals surface area contributed by atoms with Gasteiger partial charge >= 0.3 is 0 Å². The van der Waals surface area contributed by atoms with Crippen LogP contribution in [0, 0.1) is 0 Å². The molecule has 2 aromatic carbocycles. The average Bonchev–Trinajstić information content (AvgIpc) is 2.52. The normalized spacial score (nSPS) is 12.0. The predicted octanol–water partition coefficient (Wildman–Crippen LogP) is 4.54. The molecule has 0 heterocycles. The topological polar surface area (TPSA) is 29.5 Å². The van der Waals surface area contributed by atoms with Gasteiger partial charge in [-0.3, -0.25) is 4.79 Å². The molecule has 0 N–H and O–H groups in total. The molecule has 1 unspecified atom stereocenters. The Hall–Kier alpha value is -2.00. The lowest BCUT2D eigenvalue weighted by molar-refractivity contribution is -0.140. The maximum Gasteiger partial charge on any atom is 0.263 e. The first-order valence-corrected chi connectivity index (χ1v) is 8.12. The van der Waals surface area contributed by atoms with E-state index < -0.39 is 6.10 Å². The van der Waals surface area contributed by atoms with E-state index in [1.165, 1.54) is 0 Å². The predicted molar refractivity (Wildman–Crippen MR) is 93.7 cm³/mol. The van der Waals surface area contributed by atoms with E-state index in [2.05, 4.69) is 0 Å². The monoisotopic (exact) mass is 331 g/mol. The van der Waals surface area contributed by atoms with Crippen molar-refractivity contribution in [3.63, 3.8) is 0 Å². The minimum absolute atomic E-state index is 0.0381. The quantitative estimate of drug-likeness (QED) is 0.777. The Labute approximate surface area is 142 Å². The Morgan fingerprint density at radius 1 is 1.09 bits per heavy atom. The molecule has 1 amide bonds. The van der Waals surface area contributed by atoms with Crippen LogP contribution in [0.5, 0.6) is 5.75 Å². The third-order valence-electron chi connectivity index (χ3n) is 3.56. The van der Waals surface area contributed by atoms with Crippen LogP contribution in [0.15, 0.2) is 54.6 Å². The number of hydrogen-bond acceptors (Lipinski definition) is 2. The second-order valence-corrected chi connectivity index (χ2v) is 6.20. The maximum atomic E-state index is 12.7. The fraction of sp³-hybridized carbons (Fsp3) is 0.316. The summed E-state index contributed by atoms with van der Waals surface area (Å²) in [7, 11) is 0. The Kier molecular flexibility index (Phi) is 6.05. The zero-order valence-electron chi connectivity index (χ0n) is 13.7. The summed E-state index contributed by atoms with van der Waals surface area (Å²) < 4.78 is 5.75. The average molecular weight is 332 g/mol. The van der Waals surface area contributed by atoms with Crippen molar-refractivity contribution < 1.29 is 9.53 Å². The van der Waals surface area contributed by atoms with Gasteiger partial charge in [0, 0.05) is 17.6 Å². The molecule has 0 aliphatic carbocycles. The Morgan fingerprint density at radius 2 is 1.78 bits per heavy atom. The van der Waals surface area contributed by atoms with Gasteiger partial charge in [-0.1, -0.05) is 48.0 Å². The number of carbonyl (C=O) groups is 1. The van der Waals surface area contributed by atoms with Crippen molar-refractivity contribution >= 4 is 17.5 Å². The number of rotatable bonds is 6. The summed E-state index contributed by atoms with van der Waals surface area (Å²) in [6, 6.07) is 17.1. The number of halogens is 1. The minimum Gasteiger partial charge on any atom is -0.481 e. The fourth-order valence-corrected chi connectivity index (χ4v) is 2.50. The van der Waals surface area contributed by atoms with E-state index >= 15 is 0 Å². The van der Waals surface area contributed by atoms with Gasteiger partial charge in [-0.2, -0.15) is 0 Å². The number of benzene rings is 2. The summed E-state index contributed by atoms with van der Waals surface area (Å²) in [5.74, 6) is 0.561. The second kappa shape index (κ2) is 8.02. The largest absolute Gasteiger partial charge is 0.481 e. The van der Waals surface area contributed by atoms with Gasteiger partial charge in [-0.25, -0.2) is 0 Å². The van der Waals surface area contributed by atoms with Gasteiger partial charge in [0.2, 0.25) is 0 Å². The number of hydrogen-bond donors (Lipinski definition) is 0. The summed E-state index contributed by atoms with van der Waals surface area (Å²) in [6.45, 7) is 6.35. The maximum absolute atomic E-state index is 12.7. The van der Waals surface area contributed by atoms with E-state index in [9.17, 15) is 4.79 Å². The third-order valence-corrected chi connectivity index (χ3v) is 3.79. The molecule has 0 radical (unpaired) electrons. The van der Waals surface area contributed by atoms with E-state index in [0.29, 0.717) is 17.3 Å². The summed E-state index contributed by atoms with van der Waals surface area (Å²) in [4.78, 5) is 14.6. The van der Waals surface area contributed by atoms with E-state index in [-0.39, 0.29) is 11.9 Å². The Balaban J connectivity index is 2.07. The van der Waals surface area contributed by atoms with Gasteiger partial charge in [-0.05, 0) is 44.5 Å². The summed E-state index contributed by atoms with van der Waals surface area (Å²) in [5, 5.41) is 0.590. The zero-order valence-corrected chi connectivity index (χ0v) is 14.5. The minimum atomic E-state index is -0.570. The lowest BCUT2D eigenvalue weighted by atomic mass is 10.1. The summed E-state index contributed by atoms with van der Waals surface area (Å²) in [5.41, 5.74) is 1.10. The molecule has 2 aromatic rings. The van der Waals surface area contributed by atoms with Crippen molar-refractivity contribution in [3.05, 3.63) is 65.2 Å². The van der Waals surface area contributed by atoms with Crippen molar-refractivity contribution in [1.29, 1.82) is 0 Å². The molecule has 0 aromatic heterocycles. The van der Waals surface area contributed by atoms with Gasteiger partial charge in [0.15, 0.2) is 6.10 Å². The first-order valence-electron chi connectivity index (χ1n) is 7.74. The molecule has 0 spiro atoms. The molecule has 0 saturated heterocycles. The molecular weight excluding hydrogens is 310 g/mol. The summed E-state index contributed by atoms with van der Waals surface area (Å²) in [6.07, 6.45) is -0.570. The van der Waals surface area contributed by atoms with Crippen molar-refractivity contribution in [2.24, 2.45) is 0 Å². The fourth-order valence-electron chi connectivity index (χ4n) is 2.32. The van der Waals surface area contributed by atoms with E-state index in [4.69, 9.17) is 16.3 Å². The second-order valence-electron chi connectivity index (χ2n) is 5.76. The van der Waals surface area contributed by atoms with Crippen molar-refractivity contribution in [2.75, 3.05) is 0 Å². The number of ether oxygens (including phenoxy) is 1. The highest BCUT2D eigenvalue weighted by Gasteiger charge is 2.24. The molecule has 0 bridgehead atoms. The SMILES string of the molecule is CC(Oc1cccc(Cl)c1)C(=O)N(Cc1ccccc1)C(C)C. The smallest absolute Gasteiger partial charge is 0.263 e. The van der Waals surface area contributed by atoms with Crippen LogP contribution in [-0.4, -0.2) is 23.0 Å². The van der Waals surface area contributed by atoms with Crippen molar-refractivity contribution in [1.82, 2.24) is 4.90 Å². The van der Waals surface area contributed by atoms with Gasteiger partial charge < -0.3 is 9.64 Å². The number of nitrogens with zero attached hydrogens (tertiary/aromatic N) is 1. The van der Waals surface area contributed by atoms with Crippen LogP contribution in [0.2, 0.25) is 5.02 Å². The summed E-state index contributed by atoms with van der Waals surface area (Å²) >= 11 is 5.95. The molecular formula is C19H22ClNO2. The standard InChI is InChI=1S/C19H22ClNO2/c1-14(2)21(13-16-8-5-4-6-9-16)19(22)15(3)23-18-11-7-10-17(20)12-18/h4-12,14-15H,13H2,1-3H3. The van der Waals surface area contributed by atoms with Crippen LogP contribution in [-0.2, 0) is 11.3 Å². The third kappa shape index (κ3) is 5.00. The van der Waals surface area contributed by atoms with Crippen LogP contribution in [0.3, 0.4) is 0 Å². The van der Waals surface area contributed by atoms with Gasteiger partial charge in [0.1, 0.15) is 5.75 Å². The lowest BCUT2D eigenvalue weighted by Gasteiger charge is -2.29. The van der Waals surface area contributed by atoms with Crippen LogP contribution < -0.4 is 4.74 Å². The van der Waals surface area contributed by atoms with E-state index in [0.717, 1.165) is 5.56 Å². The first kappa shape index (κ1) is 17.4. The highest BCUT2D eigenvalue weighted by Crippen LogP contribution is 2.19. The highest BCUT2D eigenvalue weighted by atomic mass is 35.5. The van der Waals surface area contributed by atoms with Crippen molar-refractivity contribution in [3.8, 4) is 5.75 Å². The molecule has 4 heteroatoms. The van der Waals surface area contributed by atoms with Crippen LogP contribution in [0.1, 0.15) is 26.3 Å². The molecule has 122 valence electrons. The van der Waals surface area contributed by atoms with Gasteiger partial charge in [0.25, 0.3) is 5.91 Å².